The average Bonchev–Trinajstić information content (AvgIpc) is 2.73. The highest BCUT2D eigenvalue weighted by molar-refractivity contribution is 9.10. The van der Waals surface area contributed by atoms with Crippen LogP contribution in [-0.4, -0.2) is 15.7 Å². The third-order valence-corrected chi connectivity index (χ3v) is 4.71. The fourth-order valence-corrected chi connectivity index (χ4v) is 3.21. The van der Waals surface area contributed by atoms with Crippen LogP contribution in [-0.2, 0) is 0 Å². The molecule has 0 aliphatic rings. The van der Waals surface area contributed by atoms with Crippen molar-refractivity contribution in [1.82, 2.24) is 9.97 Å². The van der Waals surface area contributed by atoms with Gasteiger partial charge in [0.15, 0.2) is 0 Å². The lowest BCUT2D eigenvalue weighted by molar-refractivity contribution is 1.15. The van der Waals surface area contributed by atoms with Crippen LogP contribution < -0.4 is 5.43 Å². The summed E-state index contributed by atoms with van der Waals surface area (Å²) in [6.07, 6.45) is 0. The third-order valence-electron chi connectivity index (χ3n) is 4.22. The number of nitrogens with one attached hydrogen (secondary N) is 1. The van der Waals surface area contributed by atoms with Gasteiger partial charge in [-0.1, -0.05) is 76.6 Å². The van der Waals surface area contributed by atoms with Crippen LogP contribution >= 0.6 is 15.9 Å². The Morgan fingerprint density at radius 3 is 2.33 bits per heavy atom. The summed E-state index contributed by atoms with van der Waals surface area (Å²) in [4.78, 5) is 9.35. The van der Waals surface area contributed by atoms with E-state index in [2.05, 4.69) is 31.4 Å². The Bertz CT molecular complexity index is 1110. The Kier molecular flexibility index (Phi) is 4.94. The zero-order valence-electron chi connectivity index (χ0n) is 14.7. The summed E-state index contributed by atoms with van der Waals surface area (Å²) in [5, 5.41) is 5.45. The number of hydrogen-bond acceptors (Lipinski definition) is 4. The molecule has 3 aromatic carbocycles. The molecular formula is C22H17BrN4. The molecular weight excluding hydrogens is 400 g/mol. The number of nitrogens with zero attached hydrogens (tertiary/aromatic N) is 3. The number of anilines is 1. The molecule has 4 aromatic rings. The summed E-state index contributed by atoms with van der Waals surface area (Å²) >= 11 is 3.54. The Labute approximate surface area is 166 Å². The summed E-state index contributed by atoms with van der Waals surface area (Å²) in [5.41, 5.74) is 7.71. The molecule has 0 aliphatic heterocycles. The number of rotatable bonds is 4. The molecule has 0 fully saturated rings. The third kappa shape index (κ3) is 3.88. The summed E-state index contributed by atoms with van der Waals surface area (Å²) in [5.74, 6) is 0.471. The first-order valence-corrected chi connectivity index (χ1v) is 9.38. The van der Waals surface area contributed by atoms with Gasteiger partial charge in [-0.15, -0.1) is 0 Å². The fraction of sp³-hybridized carbons (Fsp3) is 0.0455. The summed E-state index contributed by atoms with van der Waals surface area (Å²) in [6, 6.07) is 26.1. The van der Waals surface area contributed by atoms with Gasteiger partial charge >= 0.3 is 0 Å². The first-order valence-electron chi connectivity index (χ1n) is 8.59. The van der Waals surface area contributed by atoms with Gasteiger partial charge in [0.05, 0.1) is 16.9 Å². The van der Waals surface area contributed by atoms with E-state index in [1.807, 2.05) is 85.8 Å². The van der Waals surface area contributed by atoms with E-state index >= 15 is 0 Å². The number of benzene rings is 3. The second kappa shape index (κ2) is 7.68. The predicted octanol–water partition coefficient (Wildman–Crippen LogP) is 5.90. The summed E-state index contributed by atoms with van der Waals surface area (Å²) in [7, 11) is 0. The van der Waals surface area contributed by atoms with Crippen molar-refractivity contribution in [2.45, 2.75) is 6.92 Å². The molecule has 0 bridgehead atoms. The van der Waals surface area contributed by atoms with E-state index in [4.69, 9.17) is 4.98 Å². The molecule has 27 heavy (non-hydrogen) atoms. The highest BCUT2D eigenvalue weighted by Gasteiger charge is 2.10. The van der Waals surface area contributed by atoms with Crippen LogP contribution in [0.3, 0.4) is 0 Å². The van der Waals surface area contributed by atoms with E-state index < -0.39 is 0 Å². The fourth-order valence-electron chi connectivity index (χ4n) is 2.84. The lowest BCUT2D eigenvalue weighted by Gasteiger charge is -2.09. The van der Waals surface area contributed by atoms with Gasteiger partial charge in [0.2, 0.25) is 5.95 Å². The monoisotopic (exact) mass is 416 g/mol. The highest BCUT2D eigenvalue weighted by atomic mass is 79.9. The minimum Gasteiger partial charge on any atom is -0.245 e. The first kappa shape index (κ1) is 17.4. The average molecular weight is 417 g/mol. The van der Waals surface area contributed by atoms with Gasteiger partial charge < -0.3 is 0 Å². The second-order valence-electron chi connectivity index (χ2n) is 6.10. The maximum absolute atomic E-state index is 4.73. The summed E-state index contributed by atoms with van der Waals surface area (Å²) in [6.45, 7) is 1.96. The van der Waals surface area contributed by atoms with Crippen molar-refractivity contribution in [3.8, 4) is 11.3 Å². The van der Waals surface area contributed by atoms with E-state index in [-0.39, 0.29) is 0 Å². The van der Waals surface area contributed by atoms with Crippen LogP contribution in [0.1, 0.15) is 12.5 Å². The van der Waals surface area contributed by atoms with Crippen molar-refractivity contribution in [2.75, 3.05) is 5.43 Å². The number of aromatic nitrogens is 2. The Morgan fingerprint density at radius 2 is 1.59 bits per heavy atom. The first-order chi connectivity index (χ1) is 13.2. The van der Waals surface area contributed by atoms with Crippen molar-refractivity contribution in [3.05, 3.63) is 88.9 Å². The van der Waals surface area contributed by atoms with E-state index in [1.54, 1.807) is 0 Å². The minimum absolute atomic E-state index is 0.471. The normalized spacial score (nSPS) is 11.6. The van der Waals surface area contributed by atoms with Crippen LogP contribution in [0, 0.1) is 0 Å². The minimum atomic E-state index is 0.471. The smallest absolute Gasteiger partial charge is 0.244 e. The molecule has 4 rings (SSSR count). The Morgan fingerprint density at radius 1 is 0.889 bits per heavy atom. The lowest BCUT2D eigenvalue weighted by atomic mass is 10.1. The topological polar surface area (TPSA) is 50.2 Å². The molecule has 0 aliphatic carbocycles. The van der Waals surface area contributed by atoms with Gasteiger partial charge in [0, 0.05) is 15.4 Å². The molecule has 132 valence electrons. The quantitative estimate of drug-likeness (QED) is 0.333. The second-order valence-corrected chi connectivity index (χ2v) is 7.01. The highest BCUT2D eigenvalue weighted by Crippen LogP contribution is 2.29. The Hall–Kier alpha value is -3.05. The van der Waals surface area contributed by atoms with Crippen LogP contribution in [0.4, 0.5) is 5.95 Å². The van der Waals surface area contributed by atoms with Gasteiger partial charge in [0.25, 0.3) is 0 Å². The molecule has 0 saturated carbocycles. The molecule has 5 heteroatoms. The van der Waals surface area contributed by atoms with Gasteiger partial charge in [0.1, 0.15) is 0 Å². The van der Waals surface area contributed by atoms with E-state index in [0.29, 0.717) is 5.95 Å². The zero-order valence-corrected chi connectivity index (χ0v) is 16.3. The molecule has 1 N–H and O–H groups in total. The van der Waals surface area contributed by atoms with Crippen molar-refractivity contribution in [3.63, 3.8) is 0 Å². The van der Waals surface area contributed by atoms with Crippen LogP contribution in [0.2, 0.25) is 0 Å². The van der Waals surface area contributed by atoms with Crippen molar-refractivity contribution in [1.29, 1.82) is 0 Å². The molecule has 0 radical (unpaired) electrons. The Balaban J connectivity index is 1.77. The maximum Gasteiger partial charge on any atom is 0.244 e. The number of halogens is 1. The summed E-state index contributed by atoms with van der Waals surface area (Å²) < 4.78 is 0.995. The van der Waals surface area contributed by atoms with Gasteiger partial charge in [-0.05, 0) is 30.7 Å². The predicted molar refractivity (Wildman–Crippen MR) is 115 cm³/mol. The van der Waals surface area contributed by atoms with E-state index in [9.17, 15) is 0 Å². The van der Waals surface area contributed by atoms with Crippen molar-refractivity contribution in [2.24, 2.45) is 5.10 Å². The SMILES string of the molecule is C/C(=N\Nc1nc(-c2ccccc2)c2cc(Br)ccc2n1)c1ccccc1. The molecule has 0 unspecified atom stereocenters. The van der Waals surface area contributed by atoms with Crippen LogP contribution in [0.5, 0.6) is 0 Å². The van der Waals surface area contributed by atoms with E-state index in [0.717, 1.165) is 37.9 Å². The van der Waals surface area contributed by atoms with Gasteiger partial charge in [-0.25, -0.2) is 15.4 Å². The van der Waals surface area contributed by atoms with Crippen molar-refractivity contribution < 1.29 is 0 Å². The maximum atomic E-state index is 4.73. The van der Waals surface area contributed by atoms with Crippen molar-refractivity contribution >= 4 is 38.5 Å². The number of fused-ring (bicyclic) bond motifs is 1. The molecule has 4 nitrogen and oxygen atoms in total. The lowest BCUT2D eigenvalue weighted by Crippen LogP contribution is -2.03. The molecule has 0 spiro atoms. The molecule has 0 saturated heterocycles. The van der Waals surface area contributed by atoms with Crippen LogP contribution in [0.25, 0.3) is 22.2 Å². The molecule has 1 aromatic heterocycles. The van der Waals surface area contributed by atoms with Gasteiger partial charge in [-0.2, -0.15) is 5.10 Å². The zero-order chi connectivity index (χ0) is 18.6. The number of hydrazone groups is 1. The molecule has 0 atom stereocenters. The largest absolute Gasteiger partial charge is 0.245 e. The standard InChI is InChI=1S/C22H17BrN4/c1-15(16-8-4-2-5-9-16)26-27-22-24-20-13-12-18(23)14-19(20)21(25-22)17-10-6-3-7-11-17/h2-14H,1H3,(H,24,25,27)/b26-15+. The molecule has 1 heterocycles. The number of hydrogen-bond donors (Lipinski definition) is 1. The van der Waals surface area contributed by atoms with Gasteiger partial charge in [-0.3, -0.25) is 0 Å². The van der Waals surface area contributed by atoms with E-state index in [1.165, 1.54) is 0 Å². The molecule has 0 amide bonds. The van der Waals surface area contributed by atoms with Crippen LogP contribution in [0.15, 0.2) is 88.4 Å².